The molecule has 0 bridgehead atoms. The van der Waals surface area contributed by atoms with Gasteiger partial charge in [-0.2, -0.15) is 0 Å². The number of imidazole rings is 2. The first-order valence-corrected chi connectivity index (χ1v) is 7.68. The van der Waals surface area contributed by atoms with Crippen molar-refractivity contribution in [2.24, 2.45) is 14.1 Å². The number of hydrogen-bond acceptors (Lipinski definition) is 0. The molecule has 0 aliphatic carbocycles. The maximum Gasteiger partial charge on any atom is 0.300 e. The van der Waals surface area contributed by atoms with E-state index >= 15 is 0 Å². The van der Waals surface area contributed by atoms with Crippen LogP contribution in [0.1, 0.15) is 11.6 Å². The molecule has 1 aliphatic rings. The first-order chi connectivity index (χ1) is 10.8. The summed E-state index contributed by atoms with van der Waals surface area (Å²) in [6.45, 7) is 1.84. The Morgan fingerprint density at radius 2 is 1.09 bits per heavy atom. The van der Waals surface area contributed by atoms with Gasteiger partial charge in [-0.1, -0.05) is 24.3 Å². The molecule has 108 valence electrons. The van der Waals surface area contributed by atoms with Crippen molar-refractivity contribution in [1.82, 2.24) is 9.13 Å². The summed E-state index contributed by atoms with van der Waals surface area (Å²) in [6, 6.07) is 17.3. The van der Waals surface area contributed by atoms with E-state index in [9.17, 15) is 0 Å². The van der Waals surface area contributed by atoms with Crippen LogP contribution >= 0.6 is 0 Å². The van der Waals surface area contributed by atoms with Crippen LogP contribution in [0.5, 0.6) is 0 Å². The van der Waals surface area contributed by atoms with Crippen LogP contribution in [0.3, 0.4) is 0 Å². The summed E-state index contributed by atoms with van der Waals surface area (Å²) in [5.41, 5.74) is 5.23. The molecule has 4 heteroatoms. The van der Waals surface area contributed by atoms with E-state index in [1.165, 1.54) is 33.7 Å². The molecule has 22 heavy (non-hydrogen) atoms. The summed E-state index contributed by atoms with van der Waals surface area (Å²) < 4.78 is 9.55. The first kappa shape index (κ1) is 12.0. The zero-order chi connectivity index (χ0) is 14.8. The summed E-state index contributed by atoms with van der Waals surface area (Å²) in [5.74, 6) is 2.71. The third kappa shape index (κ3) is 1.32. The highest BCUT2D eigenvalue weighted by Crippen LogP contribution is 2.24. The van der Waals surface area contributed by atoms with Crippen LogP contribution in [0.15, 0.2) is 48.5 Å². The fourth-order valence-electron chi connectivity index (χ4n) is 3.89. The Labute approximate surface area is 128 Å². The largest absolute Gasteiger partial charge is 0.300 e. The molecule has 2 aromatic heterocycles. The third-order valence-corrected chi connectivity index (χ3v) is 5.06. The Kier molecular flexibility index (Phi) is 2.16. The van der Waals surface area contributed by atoms with Gasteiger partial charge in [0.1, 0.15) is 0 Å². The van der Waals surface area contributed by atoms with Crippen molar-refractivity contribution in [2.75, 3.05) is 0 Å². The molecule has 0 unspecified atom stereocenters. The smallest absolute Gasteiger partial charge is 0.226 e. The summed E-state index contributed by atoms with van der Waals surface area (Å²) >= 11 is 0. The highest BCUT2D eigenvalue weighted by atomic mass is 15.3. The lowest BCUT2D eigenvalue weighted by Crippen LogP contribution is -2.41. The van der Waals surface area contributed by atoms with Gasteiger partial charge in [0, 0.05) is 0 Å². The van der Waals surface area contributed by atoms with Gasteiger partial charge in [0.2, 0.25) is 0 Å². The third-order valence-electron chi connectivity index (χ3n) is 5.06. The second kappa shape index (κ2) is 3.97. The van der Waals surface area contributed by atoms with Crippen LogP contribution in [0, 0.1) is 0 Å². The van der Waals surface area contributed by atoms with Gasteiger partial charge in [-0.15, -0.1) is 0 Å². The van der Waals surface area contributed by atoms with Crippen molar-refractivity contribution < 1.29 is 9.13 Å². The summed E-state index contributed by atoms with van der Waals surface area (Å²) in [5, 5.41) is 0. The average molecular weight is 290 g/mol. The van der Waals surface area contributed by atoms with E-state index in [-0.39, 0.29) is 0 Å². The molecule has 0 N–H and O–H groups in total. The lowest BCUT2D eigenvalue weighted by Gasteiger charge is -2.08. The fourth-order valence-corrected chi connectivity index (χ4v) is 3.89. The Bertz CT molecular complexity index is 966. The maximum absolute atomic E-state index is 2.45. The van der Waals surface area contributed by atoms with E-state index in [0.29, 0.717) is 0 Å². The molecular weight excluding hydrogens is 272 g/mol. The number of hydrogen-bond donors (Lipinski definition) is 0. The second-order valence-corrected chi connectivity index (χ2v) is 6.10. The van der Waals surface area contributed by atoms with Gasteiger partial charge in [0.25, 0.3) is 0 Å². The number of rotatable bonds is 0. The van der Waals surface area contributed by atoms with Crippen molar-refractivity contribution >= 4 is 22.1 Å². The van der Waals surface area contributed by atoms with Gasteiger partial charge in [-0.3, -0.25) is 0 Å². The standard InChI is InChI=1S/C18H18N4/c1-19-13-7-3-5-9-15(13)21-12-18-20(2)14-8-4-6-10-16(14)22(18)11-17(19)21/h3-10H,11-12H2,1-2H3/q+2. The number of benzene rings is 2. The van der Waals surface area contributed by atoms with Crippen LogP contribution in [0.4, 0.5) is 0 Å². The number of aryl methyl sites for hydroxylation is 2. The van der Waals surface area contributed by atoms with Gasteiger partial charge in [0.05, 0.1) is 14.1 Å². The number of para-hydroxylation sites is 4. The van der Waals surface area contributed by atoms with E-state index in [1.54, 1.807) is 0 Å². The summed E-state index contributed by atoms with van der Waals surface area (Å²) in [4.78, 5) is 0. The van der Waals surface area contributed by atoms with Crippen molar-refractivity contribution in [3.8, 4) is 0 Å². The molecule has 3 heterocycles. The van der Waals surface area contributed by atoms with Gasteiger partial charge in [0.15, 0.2) is 35.2 Å². The monoisotopic (exact) mass is 290 g/mol. The SMILES string of the molecule is C[n+]1c2n(c3ccccc31)Cc1n(c3ccccc3[n+]1C)C2. The Morgan fingerprint density at radius 3 is 1.55 bits per heavy atom. The van der Waals surface area contributed by atoms with E-state index < -0.39 is 0 Å². The lowest BCUT2D eigenvalue weighted by atomic mass is 10.3. The van der Waals surface area contributed by atoms with Crippen molar-refractivity contribution in [3.63, 3.8) is 0 Å². The molecule has 0 saturated heterocycles. The van der Waals surface area contributed by atoms with Gasteiger partial charge in [-0.05, 0) is 24.3 Å². The highest BCUT2D eigenvalue weighted by Gasteiger charge is 2.36. The van der Waals surface area contributed by atoms with Crippen molar-refractivity contribution in [1.29, 1.82) is 0 Å². The minimum absolute atomic E-state index is 0.919. The molecule has 0 spiro atoms. The van der Waals surface area contributed by atoms with Crippen LogP contribution in [-0.4, -0.2) is 9.13 Å². The van der Waals surface area contributed by atoms with Crippen molar-refractivity contribution in [3.05, 3.63) is 60.2 Å². The molecular formula is C18H18N4+2. The van der Waals surface area contributed by atoms with Crippen LogP contribution < -0.4 is 9.13 Å². The number of nitrogens with zero attached hydrogens (tertiary/aromatic N) is 4. The predicted octanol–water partition coefficient (Wildman–Crippen LogP) is 1.66. The summed E-state index contributed by atoms with van der Waals surface area (Å²) in [6.07, 6.45) is 0. The Morgan fingerprint density at radius 1 is 0.682 bits per heavy atom. The molecule has 0 atom stereocenters. The molecule has 0 saturated carbocycles. The zero-order valence-electron chi connectivity index (χ0n) is 12.8. The molecule has 1 aliphatic heterocycles. The van der Waals surface area contributed by atoms with Crippen molar-refractivity contribution in [2.45, 2.75) is 13.1 Å². The highest BCUT2D eigenvalue weighted by molar-refractivity contribution is 5.74. The summed E-state index contributed by atoms with van der Waals surface area (Å²) in [7, 11) is 4.34. The van der Waals surface area contributed by atoms with Crippen LogP contribution in [0.25, 0.3) is 22.1 Å². The van der Waals surface area contributed by atoms with E-state index in [4.69, 9.17) is 0 Å². The Hall–Kier alpha value is -2.62. The molecule has 5 rings (SSSR count). The fraction of sp³-hybridized carbons (Fsp3) is 0.222. The zero-order valence-corrected chi connectivity index (χ0v) is 12.8. The Balaban J connectivity index is 1.84. The van der Waals surface area contributed by atoms with Gasteiger partial charge >= 0.3 is 11.6 Å². The molecule has 0 fully saturated rings. The maximum atomic E-state index is 2.45. The average Bonchev–Trinajstić information content (AvgIpc) is 3.01. The van der Waals surface area contributed by atoms with Gasteiger partial charge in [-0.25, -0.2) is 18.3 Å². The van der Waals surface area contributed by atoms with Gasteiger partial charge < -0.3 is 0 Å². The molecule has 0 amide bonds. The normalized spacial score (nSPS) is 13.5. The lowest BCUT2D eigenvalue weighted by molar-refractivity contribution is -0.662. The number of aromatic nitrogens is 4. The number of fused-ring (bicyclic) bond motifs is 6. The second-order valence-electron chi connectivity index (χ2n) is 6.10. The van der Waals surface area contributed by atoms with E-state index in [2.05, 4.69) is 80.9 Å². The molecule has 4 aromatic rings. The molecule has 0 radical (unpaired) electrons. The predicted molar refractivity (Wildman–Crippen MR) is 84.4 cm³/mol. The van der Waals surface area contributed by atoms with E-state index in [0.717, 1.165) is 13.1 Å². The molecule has 2 aromatic carbocycles. The minimum atomic E-state index is 0.919. The molecule has 4 nitrogen and oxygen atoms in total. The van der Waals surface area contributed by atoms with E-state index in [1.807, 2.05) is 0 Å². The van der Waals surface area contributed by atoms with Crippen LogP contribution in [-0.2, 0) is 27.2 Å². The quantitative estimate of drug-likeness (QED) is 0.386. The first-order valence-electron chi connectivity index (χ1n) is 7.68. The van der Waals surface area contributed by atoms with Crippen LogP contribution in [0.2, 0.25) is 0 Å². The topological polar surface area (TPSA) is 17.6 Å². The minimum Gasteiger partial charge on any atom is -0.226 e.